The molecule has 4 nitrogen and oxygen atoms in total. The maximum atomic E-state index is 10.4. The van der Waals surface area contributed by atoms with Crippen LogP contribution in [0.2, 0.25) is 0 Å². The van der Waals surface area contributed by atoms with Crippen LogP contribution >= 0.6 is 0 Å². The Morgan fingerprint density at radius 2 is 2.00 bits per heavy atom. The molecule has 4 heteroatoms. The number of ether oxygens (including phenoxy) is 1. The van der Waals surface area contributed by atoms with Crippen molar-refractivity contribution in [2.24, 2.45) is 5.92 Å². The summed E-state index contributed by atoms with van der Waals surface area (Å²) in [5, 5.41) is 10.4. The summed E-state index contributed by atoms with van der Waals surface area (Å²) < 4.78 is 5.31. The average Bonchev–Trinajstić information content (AvgIpc) is 2.26. The first-order valence-corrected chi connectivity index (χ1v) is 5.32. The van der Waals surface area contributed by atoms with Gasteiger partial charge in [-0.15, -0.1) is 0 Å². The third-order valence-corrected chi connectivity index (χ3v) is 2.65. The lowest BCUT2D eigenvalue weighted by atomic mass is 9.97. The molecule has 0 radical (unpaired) electrons. The largest absolute Gasteiger partial charge is 0.381 e. The Morgan fingerprint density at radius 1 is 1.38 bits per heavy atom. The minimum Gasteiger partial charge on any atom is -0.381 e. The first-order chi connectivity index (χ1) is 7.63. The topological polar surface area (TPSA) is 52.4 Å². The van der Waals surface area contributed by atoms with Crippen molar-refractivity contribution in [2.45, 2.75) is 19.4 Å². The predicted octanol–water partition coefficient (Wildman–Crippen LogP) is 2.16. The van der Waals surface area contributed by atoms with Crippen LogP contribution in [0, 0.1) is 16.0 Å². The number of benzene rings is 1. The highest BCUT2D eigenvalue weighted by Crippen LogP contribution is 2.13. The van der Waals surface area contributed by atoms with Crippen LogP contribution in [0.5, 0.6) is 0 Å². The van der Waals surface area contributed by atoms with Gasteiger partial charge in [0, 0.05) is 18.0 Å². The lowest BCUT2D eigenvalue weighted by molar-refractivity contribution is -0.489. The van der Waals surface area contributed by atoms with Gasteiger partial charge in [-0.3, -0.25) is 10.1 Å². The molecule has 0 saturated carbocycles. The first-order valence-electron chi connectivity index (χ1n) is 5.32. The van der Waals surface area contributed by atoms with E-state index in [1.54, 1.807) is 7.11 Å². The minimum atomic E-state index is -0.290. The molecule has 0 aliphatic rings. The third kappa shape index (κ3) is 3.98. The van der Waals surface area contributed by atoms with Gasteiger partial charge in [-0.25, -0.2) is 0 Å². The van der Waals surface area contributed by atoms with E-state index in [9.17, 15) is 10.1 Å². The van der Waals surface area contributed by atoms with Gasteiger partial charge in [0.25, 0.3) is 0 Å². The zero-order chi connectivity index (χ0) is 12.0. The third-order valence-electron chi connectivity index (χ3n) is 2.65. The summed E-state index contributed by atoms with van der Waals surface area (Å²) in [6, 6.07) is 9.88. The second-order valence-electron chi connectivity index (χ2n) is 3.96. The SMILES string of the molecule is CO[C@@H](Cc1ccccc1)[C@H](C)C[N+](=O)[O-]. The van der Waals surface area contributed by atoms with E-state index >= 15 is 0 Å². The number of nitro groups is 1. The van der Waals surface area contributed by atoms with Crippen LogP contribution in [0.3, 0.4) is 0 Å². The van der Waals surface area contributed by atoms with Crippen LogP contribution in [-0.2, 0) is 11.2 Å². The molecular weight excluding hydrogens is 206 g/mol. The van der Waals surface area contributed by atoms with Crippen LogP contribution in [0.4, 0.5) is 0 Å². The summed E-state index contributed by atoms with van der Waals surface area (Å²) in [4.78, 5) is 10.1. The second kappa shape index (κ2) is 6.23. The van der Waals surface area contributed by atoms with E-state index in [0.29, 0.717) is 6.42 Å². The zero-order valence-electron chi connectivity index (χ0n) is 9.63. The lowest BCUT2D eigenvalue weighted by Gasteiger charge is -2.19. The quantitative estimate of drug-likeness (QED) is 0.548. The maximum absolute atomic E-state index is 10.4. The molecule has 0 aliphatic carbocycles. The molecule has 0 saturated heterocycles. The Balaban J connectivity index is 2.58. The molecule has 0 aliphatic heterocycles. The first kappa shape index (κ1) is 12.6. The summed E-state index contributed by atoms with van der Waals surface area (Å²) >= 11 is 0. The van der Waals surface area contributed by atoms with E-state index in [4.69, 9.17) is 4.74 Å². The summed E-state index contributed by atoms with van der Waals surface area (Å²) in [7, 11) is 1.60. The molecule has 0 N–H and O–H groups in total. The van der Waals surface area contributed by atoms with E-state index in [2.05, 4.69) is 0 Å². The fraction of sp³-hybridized carbons (Fsp3) is 0.500. The standard InChI is InChI=1S/C12H17NO3/c1-10(9-13(14)15)12(16-2)8-11-6-4-3-5-7-11/h3-7,10,12H,8-9H2,1-2H3/t10-,12+/m1/s1. The van der Waals surface area contributed by atoms with Gasteiger partial charge in [0.2, 0.25) is 6.54 Å². The van der Waals surface area contributed by atoms with E-state index in [0.717, 1.165) is 5.56 Å². The molecule has 0 heterocycles. The van der Waals surface area contributed by atoms with Gasteiger partial charge in [0.05, 0.1) is 6.10 Å². The van der Waals surface area contributed by atoms with Gasteiger partial charge < -0.3 is 4.74 Å². The Hall–Kier alpha value is -1.42. The molecule has 2 atom stereocenters. The van der Waals surface area contributed by atoms with Crippen molar-refractivity contribution in [1.29, 1.82) is 0 Å². The Morgan fingerprint density at radius 3 is 2.50 bits per heavy atom. The van der Waals surface area contributed by atoms with Crippen LogP contribution in [0.1, 0.15) is 12.5 Å². The monoisotopic (exact) mass is 223 g/mol. The number of hydrogen-bond acceptors (Lipinski definition) is 3. The number of nitrogens with zero attached hydrogens (tertiary/aromatic N) is 1. The van der Waals surface area contributed by atoms with Crippen molar-refractivity contribution >= 4 is 0 Å². The molecule has 1 aromatic rings. The molecular formula is C12H17NO3. The van der Waals surface area contributed by atoms with E-state index < -0.39 is 0 Å². The number of hydrogen-bond donors (Lipinski definition) is 0. The van der Waals surface area contributed by atoms with E-state index in [1.165, 1.54) is 0 Å². The molecule has 88 valence electrons. The van der Waals surface area contributed by atoms with E-state index in [-0.39, 0.29) is 23.5 Å². The minimum absolute atomic E-state index is 0.0503. The van der Waals surface area contributed by atoms with Gasteiger partial charge >= 0.3 is 0 Å². The number of rotatable bonds is 6. The van der Waals surface area contributed by atoms with Crippen molar-refractivity contribution < 1.29 is 9.66 Å². The molecule has 0 aromatic heterocycles. The van der Waals surface area contributed by atoms with Crippen molar-refractivity contribution in [1.82, 2.24) is 0 Å². The highest BCUT2D eigenvalue weighted by molar-refractivity contribution is 5.15. The Bertz CT molecular complexity index is 326. The van der Waals surface area contributed by atoms with Crippen LogP contribution in [-0.4, -0.2) is 24.7 Å². The van der Waals surface area contributed by atoms with Crippen molar-refractivity contribution in [3.8, 4) is 0 Å². The fourth-order valence-corrected chi connectivity index (χ4v) is 1.72. The summed E-state index contributed by atoms with van der Waals surface area (Å²) in [5.74, 6) is -0.0831. The average molecular weight is 223 g/mol. The van der Waals surface area contributed by atoms with Crippen molar-refractivity contribution in [3.05, 3.63) is 46.0 Å². The molecule has 16 heavy (non-hydrogen) atoms. The van der Waals surface area contributed by atoms with Gasteiger partial charge in [-0.2, -0.15) is 0 Å². The van der Waals surface area contributed by atoms with Gasteiger partial charge in [0.1, 0.15) is 0 Å². The van der Waals surface area contributed by atoms with Crippen LogP contribution in [0.15, 0.2) is 30.3 Å². The number of methoxy groups -OCH3 is 1. The van der Waals surface area contributed by atoms with Gasteiger partial charge in [-0.1, -0.05) is 37.3 Å². The summed E-state index contributed by atoms with van der Waals surface area (Å²) in [6.07, 6.45) is 0.611. The lowest BCUT2D eigenvalue weighted by Crippen LogP contribution is -2.28. The highest BCUT2D eigenvalue weighted by atomic mass is 16.6. The van der Waals surface area contributed by atoms with Crippen LogP contribution < -0.4 is 0 Å². The molecule has 0 spiro atoms. The zero-order valence-corrected chi connectivity index (χ0v) is 9.63. The van der Waals surface area contributed by atoms with Crippen LogP contribution in [0.25, 0.3) is 0 Å². The Labute approximate surface area is 95.4 Å². The van der Waals surface area contributed by atoms with Crippen molar-refractivity contribution in [2.75, 3.05) is 13.7 Å². The molecule has 0 bridgehead atoms. The smallest absolute Gasteiger partial charge is 0.208 e. The van der Waals surface area contributed by atoms with Gasteiger partial charge in [-0.05, 0) is 12.0 Å². The molecule has 1 aromatic carbocycles. The highest BCUT2D eigenvalue weighted by Gasteiger charge is 2.21. The normalized spacial score (nSPS) is 14.4. The van der Waals surface area contributed by atoms with Gasteiger partial charge in [0.15, 0.2) is 0 Å². The van der Waals surface area contributed by atoms with Crippen molar-refractivity contribution in [3.63, 3.8) is 0 Å². The maximum Gasteiger partial charge on any atom is 0.208 e. The Kier molecular flexibility index (Phi) is 4.92. The van der Waals surface area contributed by atoms with E-state index in [1.807, 2.05) is 37.3 Å². The predicted molar refractivity (Wildman–Crippen MR) is 62.0 cm³/mol. The molecule has 0 amide bonds. The summed E-state index contributed by atoms with van der Waals surface area (Å²) in [5.41, 5.74) is 1.14. The summed E-state index contributed by atoms with van der Waals surface area (Å²) in [6.45, 7) is 1.80. The molecule has 0 fully saturated rings. The molecule has 1 rings (SSSR count). The molecule has 0 unspecified atom stereocenters. The second-order valence-corrected chi connectivity index (χ2v) is 3.96. The fourth-order valence-electron chi connectivity index (χ4n) is 1.72.